The summed E-state index contributed by atoms with van der Waals surface area (Å²) in [5.41, 5.74) is 2.59. The van der Waals surface area contributed by atoms with Gasteiger partial charge in [0.25, 0.3) is 5.91 Å². The fourth-order valence-electron chi connectivity index (χ4n) is 4.00. The second-order valence-corrected chi connectivity index (χ2v) is 8.08. The second-order valence-electron chi connectivity index (χ2n) is 8.08. The number of rotatable bonds is 6. The van der Waals surface area contributed by atoms with Crippen molar-refractivity contribution in [3.63, 3.8) is 0 Å². The number of amides is 2. The van der Waals surface area contributed by atoms with Crippen molar-refractivity contribution in [2.24, 2.45) is 5.92 Å². The smallest absolute Gasteiger partial charge is 0.254 e. The van der Waals surface area contributed by atoms with Gasteiger partial charge in [-0.25, -0.2) is 9.97 Å². The van der Waals surface area contributed by atoms with Crippen LogP contribution in [0, 0.1) is 12.8 Å². The number of likely N-dealkylation sites (tertiary alicyclic amines) is 1. The Morgan fingerprint density at radius 3 is 2.52 bits per heavy atom. The molecule has 1 aromatic heterocycles. The molecule has 0 unspecified atom stereocenters. The maximum absolute atomic E-state index is 12.8. The zero-order chi connectivity index (χ0) is 20.2. The van der Waals surface area contributed by atoms with Crippen molar-refractivity contribution < 1.29 is 9.59 Å². The first kappa shape index (κ1) is 19.6. The molecule has 6 heteroatoms. The van der Waals surface area contributed by atoms with Gasteiger partial charge in [0.05, 0.1) is 11.3 Å². The number of nitrogens with zero attached hydrogens (tertiary/aromatic N) is 3. The Morgan fingerprint density at radius 2 is 1.83 bits per heavy atom. The standard InChI is InChI=1S/C23H28N4O2/c1-16-25-15-20(22(28)24-12-9-17-5-3-2-4-6-17)21(26-16)18-10-13-27(14-11-18)23(29)19-7-8-19/h2-6,15,18-19H,7-14H2,1H3,(H,24,28). The highest BCUT2D eigenvalue weighted by Crippen LogP contribution is 2.34. The van der Waals surface area contributed by atoms with Gasteiger partial charge in [-0.15, -0.1) is 0 Å². The summed E-state index contributed by atoms with van der Waals surface area (Å²) >= 11 is 0. The molecule has 0 atom stereocenters. The van der Waals surface area contributed by atoms with Gasteiger partial charge in [0.2, 0.25) is 5.91 Å². The molecule has 2 aromatic rings. The molecule has 2 fully saturated rings. The molecule has 1 aliphatic heterocycles. The topological polar surface area (TPSA) is 75.2 Å². The van der Waals surface area contributed by atoms with E-state index in [0.29, 0.717) is 23.8 Å². The lowest BCUT2D eigenvalue weighted by Crippen LogP contribution is -2.39. The summed E-state index contributed by atoms with van der Waals surface area (Å²) < 4.78 is 0. The first-order valence-corrected chi connectivity index (χ1v) is 10.6. The van der Waals surface area contributed by atoms with Crippen molar-refractivity contribution in [3.05, 3.63) is 59.2 Å². The minimum absolute atomic E-state index is 0.118. The number of carbonyl (C=O) groups is 2. The summed E-state index contributed by atoms with van der Waals surface area (Å²) in [7, 11) is 0. The van der Waals surface area contributed by atoms with E-state index in [9.17, 15) is 9.59 Å². The number of hydrogen-bond donors (Lipinski definition) is 1. The maximum Gasteiger partial charge on any atom is 0.254 e. The fraction of sp³-hybridized carbons (Fsp3) is 0.478. The molecule has 1 aromatic carbocycles. The molecular formula is C23H28N4O2. The number of benzene rings is 1. The van der Waals surface area contributed by atoms with Crippen molar-refractivity contribution in [3.8, 4) is 0 Å². The summed E-state index contributed by atoms with van der Waals surface area (Å²) in [6, 6.07) is 10.1. The summed E-state index contributed by atoms with van der Waals surface area (Å²) in [6.07, 6.45) is 6.21. The summed E-state index contributed by atoms with van der Waals surface area (Å²) in [6.45, 7) is 3.92. The third kappa shape index (κ3) is 4.81. The SMILES string of the molecule is Cc1ncc(C(=O)NCCc2ccccc2)c(C2CCN(C(=O)C3CC3)CC2)n1. The van der Waals surface area contributed by atoms with Gasteiger partial charge >= 0.3 is 0 Å². The largest absolute Gasteiger partial charge is 0.352 e. The highest BCUT2D eigenvalue weighted by molar-refractivity contribution is 5.95. The Bertz CT molecular complexity index is 872. The Balaban J connectivity index is 1.39. The minimum atomic E-state index is -0.118. The van der Waals surface area contributed by atoms with Gasteiger partial charge in [-0.05, 0) is 44.6 Å². The van der Waals surface area contributed by atoms with Gasteiger partial charge in [0, 0.05) is 37.7 Å². The lowest BCUT2D eigenvalue weighted by molar-refractivity contribution is -0.133. The molecule has 4 rings (SSSR count). The van der Waals surface area contributed by atoms with Gasteiger partial charge in [0.1, 0.15) is 5.82 Å². The van der Waals surface area contributed by atoms with E-state index < -0.39 is 0 Å². The van der Waals surface area contributed by atoms with Crippen molar-refractivity contribution in [1.29, 1.82) is 0 Å². The number of carbonyl (C=O) groups excluding carboxylic acids is 2. The van der Waals surface area contributed by atoms with E-state index in [0.717, 1.165) is 50.9 Å². The van der Waals surface area contributed by atoms with E-state index in [1.54, 1.807) is 6.20 Å². The van der Waals surface area contributed by atoms with Crippen molar-refractivity contribution in [2.75, 3.05) is 19.6 Å². The van der Waals surface area contributed by atoms with Gasteiger partial charge in [-0.2, -0.15) is 0 Å². The van der Waals surface area contributed by atoms with Crippen LogP contribution >= 0.6 is 0 Å². The van der Waals surface area contributed by atoms with Crippen molar-refractivity contribution in [1.82, 2.24) is 20.2 Å². The van der Waals surface area contributed by atoms with E-state index >= 15 is 0 Å². The van der Waals surface area contributed by atoms with E-state index in [1.807, 2.05) is 30.0 Å². The van der Waals surface area contributed by atoms with Crippen LogP contribution in [0.25, 0.3) is 0 Å². The molecule has 0 bridgehead atoms. The monoisotopic (exact) mass is 392 g/mol. The predicted molar refractivity (Wildman–Crippen MR) is 111 cm³/mol. The van der Waals surface area contributed by atoms with Crippen LogP contribution in [0.5, 0.6) is 0 Å². The van der Waals surface area contributed by atoms with Gasteiger partial charge in [-0.1, -0.05) is 30.3 Å². The maximum atomic E-state index is 12.8. The molecule has 1 aliphatic carbocycles. The molecule has 1 N–H and O–H groups in total. The van der Waals surface area contributed by atoms with Gasteiger partial charge in [-0.3, -0.25) is 9.59 Å². The van der Waals surface area contributed by atoms with Crippen LogP contribution in [-0.2, 0) is 11.2 Å². The number of nitrogens with one attached hydrogen (secondary N) is 1. The fourth-order valence-corrected chi connectivity index (χ4v) is 4.00. The third-order valence-corrected chi connectivity index (χ3v) is 5.85. The van der Waals surface area contributed by atoms with Crippen LogP contribution in [0.15, 0.2) is 36.5 Å². The number of aryl methyl sites for hydroxylation is 1. The lowest BCUT2D eigenvalue weighted by atomic mass is 9.90. The number of aromatic nitrogens is 2. The molecule has 2 heterocycles. The minimum Gasteiger partial charge on any atom is -0.352 e. The highest BCUT2D eigenvalue weighted by Gasteiger charge is 2.35. The first-order chi connectivity index (χ1) is 14.1. The average molecular weight is 393 g/mol. The molecule has 1 saturated heterocycles. The average Bonchev–Trinajstić information content (AvgIpc) is 3.59. The molecule has 2 amide bonds. The van der Waals surface area contributed by atoms with Gasteiger partial charge in [0.15, 0.2) is 0 Å². The lowest BCUT2D eigenvalue weighted by Gasteiger charge is -2.32. The van der Waals surface area contributed by atoms with Crippen LogP contribution in [0.4, 0.5) is 0 Å². The predicted octanol–water partition coefficient (Wildman–Crippen LogP) is 2.87. The van der Waals surface area contributed by atoms with E-state index in [-0.39, 0.29) is 17.7 Å². The van der Waals surface area contributed by atoms with Crippen LogP contribution in [0.3, 0.4) is 0 Å². The number of piperidine rings is 1. The third-order valence-electron chi connectivity index (χ3n) is 5.85. The normalized spacial score (nSPS) is 17.2. The van der Waals surface area contributed by atoms with E-state index in [1.165, 1.54) is 5.56 Å². The molecule has 6 nitrogen and oxygen atoms in total. The molecule has 152 valence electrons. The highest BCUT2D eigenvalue weighted by atomic mass is 16.2. The Morgan fingerprint density at radius 1 is 1.10 bits per heavy atom. The van der Waals surface area contributed by atoms with Crippen molar-refractivity contribution >= 4 is 11.8 Å². The van der Waals surface area contributed by atoms with E-state index in [4.69, 9.17) is 0 Å². The second kappa shape index (κ2) is 8.72. The quantitative estimate of drug-likeness (QED) is 0.820. The zero-order valence-corrected chi connectivity index (χ0v) is 16.9. The van der Waals surface area contributed by atoms with Crippen LogP contribution < -0.4 is 5.32 Å². The summed E-state index contributed by atoms with van der Waals surface area (Å²) in [5, 5.41) is 3.01. The molecule has 0 spiro atoms. The Labute approximate surface area is 171 Å². The van der Waals surface area contributed by atoms with Crippen LogP contribution in [-0.4, -0.2) is 46.3 Å². The van der Waals surface area contributed by atoms with Gasteiger partial charge < -0.3 is 10.2 Å². The Hall–Kier alpha value is -2.76. The molecule has 0 radical (unpaired) electrons. The van der Waals surface area contributed by atoms with Crippen LogP contribution in [0.1, 0.15) is 59.0 Å². The van der Waals surface area contributed by atoms with E-state index in [2.05, 4.69) is 27.4 Å². The number of hydrogen-bond acceptors (Lipinski definition) is 4. The molecular weight excluding hydrogens is 364 g/mol. The summed E-state index contributed by atoms with van der Waals surface area (Å²) in [5.74, 6) is 1.32. The molecule has 1 saturated carbocycles. The Kier molecular flexibility index (Phi) is 5.88. The zero-order valence-electron chi connectivity index (χ0n) is 16.9. The first-order valence-electron chi connectivity index (χ1n) is 10.6. The molecule has 2 aliphatic rings. The summed E-state index contributed by atoms with van der Waals surface area (Å²) in [4.78, 5) is 36.0. The van der Waals surface area contributed by atoms with Crippen molar-refractivity contribution in [2.45, 2.75) is 44.9 Å². The van der Waals surface area contributed by atoms with Crippen LogP contribution in [0.2, 0.25) is 0 Å². The molecule has 29 heavy (non-hydrogen) atoms.